The molecule has 19 heavy (non-hydrogen) atoms. The smallest absolute Gasteiger partial charge is 0.162 e. The van der Waals surface area contributed by atoms with E-state index in [9.17, 15) is 10.2 Å². The van der Waals surface area contributed by atoms with E-state index in [2.05, 4.69) is 0 Å². The summed E-state index contributed by atoms with van der Waals surface area (Å²) in [5.41, 5.74) is 3.03. The molecule has 0 heterocycles. The third-order valence-corrected chi connectivity index (χ3v) is 4.10. The molecule has 2 aromatic carbocycles. The molecule has 2 aliphatic carbocycles. The van der Waals surface area contributed by atoms with E-state index >= 15 is 0 Å². The summed E-state index contributed by atoms with van der Waals surface area (Å²) in [7, 11) is 0. The molecule has 0 amide bonds. The number of aliphatic hydroxyl groups is 2. The molecule has 0 saturated heterocycles. The standard InChI is InChI=1S/C17H12O2/c18-15-12-6-2-4-8-14(12)17(16(15)19)10-9-11-5-1-3-7-13(11)17/h1-10,18-19H. The van der Waals surface area contributed by atoms with E-state index in [4.69, 9.17) is 0 Å². The minimum atomic E-state index is -0.711. The third-order valence-electron chi connectivity index (χ3n) is 4.10. The summed E-state index contributed by atoms with van der Waals surface area (Å²) in [6.45, 7) is 0. The number of allylic oxidation sites excluding steroid dienone is 1. The zero-order valence-electron chi connectivity index (χ0n) is 10.2. The highest BCUT2D eigenvalue weighted by Gasteiger charge is 2.48. The Morgan fingerprint density at radius 1 is 0.789 bits per heavy atom. The van der Waals surface area contributed by atoms with Gasteiger partial charge in [0.05, 0.1) is 0 Å². The summed E-state index contributed by atoms with van der Waals surface area (Å²) >= 11 is 0. The molecule has 0 aromatic heterocycles. The van der Waals surface area contributed by atoms with Crippen LogP contribution in [0.3, 0.4) is 0 Å². The van der Waals surface area contributed by atoms with E-state index in [1.165, 1.54) is 0 Å². The zero-order valence-corrected chi connectivity index (χ0v) is 10.2. The highest BCUT2D eigenvalue weighted by molar-refractivity contribution is 5.84. The quantitative estimate of drug-likeness (QED) is 0.744. The van der Waals surface area contributed by atoms with Crippen LogP contribution in [0, 0.1) is 0 Å². The van der Waals surface area contributed by atoms with Crippen LogP contribution in [0.15, 0.2) is 60.4 Å². The lowest BCUT2D eigenvalue weighted by molar-refractivity contribution is 0.341. The molecule has 4 rings (SSSR count). The van der Waals surface area contributed by atoms with E-state index in [1.54, 1.807) is 0 Å². The second kappa shape index (κ2) is 3.29. The van der Waals surface area contributed by atoms with Crippen molar-refractivity contribution in [3.05, 3.63) is 82.6 Å². The Morgan fingerprint density at radius 3 is 2.32 bits per heavy atom. The van der Waals surface area contributed by atoms with Gasteiger partial charge in [0, 0.05) is 5.56 Å². The van der Waals surface area contributed by atoms with Crippen LogP contribution in [0.5, 0.6) is 0 Å². The first kappa shape index (κ1) is 10.4. The maximum absolute atomic E-state index is 10.5. The molecule has 1 atom stereocenters. The first-order valence-electron chi connectivity index (χ1n) is 6.26. The summed E-state index contributed by atoms with van der Waals surface area (Å²) in [5, 5.41) is 20.7. The number of fused-ring (bicyclic) bond motifs is 4. The Bertz CT molecular complexity index is 755. The third kappa shape index (κ3) is 1.07. The fraction of sp³-hybridized carbons (Fsp3) is 0.0588. The van der Waals surface area contributed by atoms with Gasteiger partial charge in [-0.25, -0.2) is 0 Å². The van der Waals surface area contributed by atoms with E-state index in [-0.39, 0.29) is 11.5 Å². The van der Waals surface area contributed by atoms with Gasteiger partial charge in [-0.05, 0) is 16.7 Å². The van der Waals surface area contributed by atoms with Gasteiger partial charge in [-0.15, -0.1) is 0 Å². The van der Waals surface area contributed by atoms with Crippen LogP contribution < -0.4 is 0 Å². The maximum Gasteiger partial charge on any atom is 0.162 e. The number of hydrogen-bond donors (Lipinski definition) is 2. The van der Waals surface area contributed by atoms with Crippen LogP contribution in [-0.2, 0) is 5.41 Å². The Balaban J connectivity index is 2.12. The number of aliphatic hydroxyl groups excluding tert-OH is 2. The Labute approximate surface area is 111 Å². The fourth-order valence-corrected chi connectivity index (χ4v) is 3.22. The second-order valence-electron chi connectivity index (χ2n) is 4.97. The maximum atomic E-state index is 10.5. The summed E-state index contributed by atoms with van der Waals surface area (Å²) in [6.07, 6.45) is 3.97. The van der Waals surface area contributed by atoms with Crippen LogP contribution in [0.4, 0.5) is 0 Å². The van der Waals surface area contributed by atoms with E-state index < -0.39 is 5.41 Å². The first-order valence-corrected chi connectivity index (χ1v) is 6.26. The highest BCUT2D eigenvalue weighted by Crippen LogP contribution is 2.53. The van der Waals surface area contributed by atoms with Crippen molar-refractivity contribution < 1.29 is 10.2 Å². The Morgan fingerprint density at radius 2 is 1.47 bits per heavy atom. The molecular weight excluding hydrogens is 236 g/mol. The van der Waals surface area contributed by atoms with Crippen LogP contribution in [0.2, 0.25) is 0 Å². The largest absolute Gasteiger partial charge is 0.507 e. The van der Waals surface area contributed by atoms with Gasteiger partial charge >= 0.3 is 0 Å². The van der Waals surface area contributed by atoms with Gasteiger partial charge < -0.3 is 10.2 Å². The SMILES string of the molecule is OC1=C(O)C2(C=Cc3ccccc32)c2ccccc21. The first-order chi connectivity index (χ1) is 9.25. The van der Waals surface area contributed by atoms with Crippen molar-refractivity contribution in [1.29, 1.82) is 0 Å². The summed E-state index contributed by atoms with van der Waals surface area (Å²) in [4.78, 5) is 0. The normalized spacial score (nSPS) is 22.9. The molecule has 0 aliphatic heterocycles. The lowest BCUT2D eigenvalue weighted by Gasteiger charge is -2.25. The molecule has 2 nitrogen and oxygen atoms in total. The molecule has 0 bridgehead atoms. The molecule has 2 N–H and O–H groups in total. The lowest BCUT2D eigenvalue weighted by atomic mass is 9.77. The number of hydrogen-bond acceptors (Lipinski definition) is 2. The van der Waals surface area contributed by atoms with Crippen molar-refractivity contribution in [3.63, 3.8) is 0 Å². The van der Waals surface area contributed by atoms with Gasteiger partial charge in [0.2, 0.25) is 0 Å². The fourth-order valence-electron chi connectivity index (χ4n) is 3.22. The highest BCUT2D eigenvalue weighted by atomic mass is 16.3. The number of benzene rings is 2. The van der Waals surface area contributed by atoms with Gasteiger partial charge in [0.15, 0.2) is 11.5 Å². The van der Waals surface area contributed by atoms with Crippen molar-refractivity contribution >= 4 is 11.8 Å². The summed E-state index contributed by atoms with van der Waals surface area (Å²) in [6, 6.07) is 15.5. The molecule has 2 aromatic rings. The molecule has 0 saturated carbocycles. The number of rotatable bonds is 0. The lowest BCUT2D eigenvalue weighted by Crippen LogP contribution is -2.23. The van der Waals surface area contributed by atoms with Gasteiger partial charge in [-0.3, -0.25) is 0 Å². The van der Waals surface area contributed by atoms with Crippen molar-refractivity contribution in [1.82, 2.24) is 0 Å². The monoisotopic (exact) mass is 248 g/mol. The Kier molecular flexibility index (Phi) is 1.81. The predicted octanol–water partition coefficient (Wildman–Crippen LogP) is 3.80. The van der Waals surface area contributed by atoms with Gasteiger partial charge in [-0.2, -0.15) is 0 Å². The summed E-state index contributed by atoms with van der Waals surface area (Å²) < 4.78 is 0. The van der Waals surface area contributed by atoms with Crippen molar-refractivity contribution in [2.24, 2.45) is 0 Å². The second-order valence-corrected chi connectivity index (χ2v) is 4.97. The molecule has 1 spiro atoms. The van der Waals surface area contributed by atoms with Crippen molar-refractivity contribution in [3.8, 4) is 0 Å². The zero-order chi connectivity index (χ0) is 13.0. The average Bonchev–Trinajstić information content (AvgIpc) is 2.95. The van der Waals surface area contributed by atoms with Gasteiger partial charge in [0.25, 0.3) is 0 Å². The minimum Gasteiger partial charge on any atom is -0.507 e. The molecule has 92 valence electrons. The van der Waals surface area contributed by atoms with Crippen LogP contribution in [0.1, 0.15) is 22.3 Å². The van der Waals surface area contributed by atoms with Gasteiger partial charge in [0.1, 0.15) is 5.41 Å². The Hall–Kier alpha value is -2.48. The average molecular weight is 248 g/mol. The molecular formula is C17H12O2. The predicted molar refractivity (Wildman–Crippen MR) is 74.9 cm³/mol. The minimum absolute atomic E-state index is 0.0167. The van der Waals surface area contributed by atoms with Crippen LogP contribution in [0.25, 0.3) is 11.8 Å². The van der Waals surface area contributed by atoms with Crippen LogP contribution in [-0.4, -0.2) is 10.2 Å². The van der Waals surface area contributed by atoms with Crippen molar-refractivity contribution in [2.75, 3.05) is 0 Å². The van der Waals surface area contributed by atoms with Crippen molar-refractivity contribution in [2.45, 2.75) is 5.41 Å². The molecule has 2 aliphatic rings. The van der Waals surface area contributed by atoms with E-state index in [0.717, 1.165) is 16.7 Å². The molecule has 1 unspecified atom stereocenters. The molecule has 0 fully saturated rings. The topological polar surface area (TPSA) is 40.5 Å². The van der Waals surface area contributed by atoms with Crippen LogP contribution >= 0.6 is 0 Å². The van der Waals surface area contributed by atoms with E-state index in [1.807, 2.05) is 60.7 Å². The molecule has 0 radical (unpaired) electrons. The molecule has 2 heteroatoms. The van der Waals surface area contributed by atoms with Gasteiger partial charge in [-0.1, -0.05) is 60.7 Å². The summed E-state index contributed by atoms with van der Waals surface area (Å²) in [5.74, 6) is 0.00635. The van der Waals surface area contributed by atoms with E-state index in [0.29, 0.717) is 5.56 Å².